The maximum absolute atomic E-state index is 2.51. The van der Waals surface area contributed by atoms with Gasteiger partial charge in [-0.2, -0.15) is 0 Å². The van der Waals surface area contributed by atoms with Crippen molar-refractivity contribution in [2.24, 2.45) is 5.92 Å². The molecule has 1 aromatic carbocycles. The number of hydrogen-bond acceptors (Lipinski definition) is 1. The Morgan fingerprint density at radius 2 is 1.80 bits per heavy atom. The summed E-state index contributed by atoms with van der Waals surface area (Å²) in [7, 11) is 0. The van der Waals surface area contributed by atoms with Gasteiger partial charge in [-0.25, -0.2) is 0 Å². The minimum atomic E-state index is 0.642. The van der Waals surface area contributed by atoms with Crippen LogP contribution >= 0.6 is 0 Å². The van der Waals surface area contributed by atoms with E-state index in [0.717, 1.165) is 12.5 Å². The van der Waals surface area contributed by atoms with Gasteiger partial charge in [0.05, 0.1) is 0 Å². The van der Waals surface area contributed by atoms with E-state index in [4.69, 9.17) is 0 Å². The number of hydrogen-bond donors (Lipinski definition) is 0. The third-order valence-corrected chi connectivity index (χ3v) is 3.19. The molecule has 0 aromatic heterocycles. The minimum Gasteiger partial charge on any atom is -0.298 e. The summed E-state index contributed by atoms with van der Waals surface area (Å²) in [6.07, 6.45) is 0. The molecule has 1 aromatic rings. The van der Waals surface area contributed by atoms with Crippen molar-refractivity contribution in [3.8, 4) is 0 Å². The summed E-state index contributed by atoms with van der Waals surface area (Å²) < 4.78 is 0. The smallest absolute Gasteiger partial charge is 0.0233 e. The first-order chi connectivity index (χ1) is 7.15. The minimum absolute atomic E-state index is 0.642. The summed E-state index contributed by atoms with van der Waals surface area (Å²) in [5, 5.41) is 0. The zero-order chi connectivity index (χ0) is 10.8. The number of nitrogens with zero attached hydrogens (tertiary/aromatic N) is 1. The summed E-state index contributed by atoms with van der Waals surface area (Å²) >= 11 is 0. The van der Waals surface area contributed by atoms with Gasteiger partial charge in [-0.1, -0.05) is 45.0 Å². The Hall–Kier alpha value is -0.820. The molecule has 1 aliphatic rings. The summed E-state index contributed by atoms with van der Waals surface area (Å²) in [4.78, 5) is 2.51. The fourth-order valence-electron chi connectivity index (χ4n) is 2.22. The van der Waals surface area contributed by atoms with Gasteiger partial charge in [-0.05, 0) is 23.0 Å². The Labute approximate surface area is 93.1 Å². The molecule has 0 N–H and O–H groups in total. The third kappa shape index (κ3) is 2.60. The van der Waals surface area contributed by atoms with E-state index in [1.807, 2.05) is 0 Å². The fourth-order valence-corrected chi connectivity index (χ4v) is 2.22. The van der Waals surface area contributed by atoms with Gasteiger partial charge < -0.3 is 0 Å². The molecular formula is C14H21N. The first-order valence-electron chi connectivity index (χ1n) is 5.96. The third-order valence-electron chi connectivity index (χ3n) is 3.19. The standard InChI is InChI=1S/C14H21N/c1-11(2)14-6-4-13(5-7-14)10-15-8-12(3)9-15/h4-7,11-12H,8-10H2,1-3H3. The van der Waals surface area contributed by atoms with Gasteiger partial charge >= 0.3 is 0 Å². The molecule has 15 heavy (non-hydrogen) atoms. The van der Waals surface area contributed by atoms with Gasteiger partial charge in [-0.3, -0.25) is 4.90 Å². The van der Waals surface area contributed by atoms with Crippen molar-refractivity contribution >= 4 is 0 Å². The maximum Gasteiger partial charge on any atom is 0.0233 e. The molecule has 0 aliphatic carbocycles. The van der Waals surface area contributed by atoms with E-state index in [-0.39, 0.29) is 0 Å². The second-order valence-corrected chi connectivity index (χ2v) is 5.20. The van der Waals surface area contributed by atoms with Gasteiger partial charge in [0.15, 0.2) is 0 Å². The predicted octanol–water partition coefficient (Wildman–Crippen LogP) is 3.26. The lowest BCUT2D eigenvalue weighted by molar-refractivity contribution is 0.105. The quantitative estimate of drug-likeness (QED) is 0.729. The zero-order valence-corrected chi connectivity index (χ0v) is 10.0. The first-order valence-corrected chi connectivity index (χ1v) is 5.96. The van der Waals surface area contributed by atoms with Crippen LogP contribution in [0.4, 0.5) is 0 Å². The molecule has 0 spiro atoms. The average Bonchev–Trinajstić information content (AvgIpc) is 2.16. The number of likely N-dealkylation sites (tertiary alicyclic amines) is 1. The molecule has 82 valence electrons. The van der Waals surface area contributed by atoms with E-state index in [1.54, 1.807) is 0 Å². The van der Waals surface area contributed by atoms with Crippen molar-refractivity contribution in [2.45, 2.75) is 33.2 Å². The Kier molecular flexibility index (Phi) is 3.11. The Balaban J connectivity index is 1.92. The molecule has 0 amide bonds. The molecule has 2 rings (SSSR count). The lowest BCUT2D eigenvalue weighted by Crippen LogP contribution is -2.44. The molecule has 1 fully saturated rings. The van der Waals surface area contributed by atoms with E-state index in [0.29, 0.717) is 5.92 Å². The monoisotopic (exact) mass is 203 g/mol. The molecule has 0 unspecified atom stereocenters. The van der Waals surface area contributed by atoms with Gasteiger partial charge in [0.1, 0.15) is 0 Å². The summed E-state index contributed by atoms with van der Waals surface area (Å²) in [5.74, 6) is 1.54. The van der Waals surface area contributed by atoms with Crippen LogP contribution in [-0.2, 0) is 6.54 Å². The van der Waals surface area contributed by atoms with Gasteiger partial charge in [0.25, 0.3) is 0 Å². The van der Waals surface area contributed by atoms with Crippen LogP contribution in [0.3, 0.4) is 0 Å². The van der Waals surface area contributed by atoms with Crippen molar-refractivity contribution in [1.29, 1.82) is 0 Å². The van der Waals surface area contributed by atoms with Crippen LogP contribution in [0.2, 0.25) is 0 Å². The van der Waals surface area contributed by atoms with Crippen molar-refractivity contribution in [1.82, 2.24) is 4.90 Å². The maximum atomic E-state index is 2.51. The van der Waals surface area contributed by atoms with Crippen molar-refractivity contribution < 1.29 is 0 Å². The molecule has 0 bridgehead atoms. The van der Waals surface area contributed by atoms with E-state index >= 15 is 0 Å². The molecule has 0 saturated carbocycles. The predicted molar refractivity (Wildman–Crippen MR) is 65.0 cm³/mol. The second-order valence-electron chi connectivity index (χ2n) is 5.20. The lowest BCUT2D eigenvalue weighted by Gasteiger charge is -2.37. The number of benzene rings is 1. The van der Waals surface area contributed by atoms with Gasteiger partial charge in [0.2, 0.25) is 0 Å². The first kappa shape index (κ1) is 10.7. The molecule has 0 radical (unpaired) electrons. The average molecular weight is 203 g/mol. The molecule has 1 aliphatic heterocycles. The molecule has 0 atom stereocenters. The van der Waals surface area contributed by atoms with Crippen molar-refractivity contribution in [3.05, 3.63) is 35.4 Å². The highest BCUT2D eigenvalue weighted by atomic mass is 15.2. The molecule has 1 nitrogen and oxygen atoms in total. The Morgan fingerprint density at radius 1 is 1.20 bits per heavy atom. The van der Waals surface area contributed by atoms with Crippen LogP contribution < -0.4 is 0 Å². The van der Waals surface area contributed by atoms with Crippen molar-refractivity contribution in [2.75, 3.05) is 13.1 Å². The second kappa shape index (κ2) is 4.36. The van der Waals surface area contributed by atoms with Gasteiger partial charge in [-0.15, -0.1) is 0 Å². The normalized spacial score (nSPS) is 18.1. The number of rotatable bonds is 3. The van der Waals surface area contributed by atoms with E-state index in [9.17, 15) is 0 Å². The fraction of sp³-hybridized carbons (Fsp3) is 0.571. The summed E-state index contributed by atoms with van der Waals surface area (Å²) in [5.41, 5.74) is 2.89. The highest BCUT2D eigenvalue weighted by Gasteiger charge is 2.21. The van der Waals surface area contributed by atoms with Crippen LogP contribution in [0.15, 0.2) is 24.3 Å². The topological polar surface area (TPSA) is 3.24 Å². The lowest BCUT2D eigenvalue weighted by atomic mass is 9.99. The largest absolute Gasteiger partial charge is 0.298 e. The highest BCUT2D eigenvalue weighted by molar-refractivity contribution is 5.24. The SMILES string of the molecule is CC1CN(Cc2ccc(C(C)C)cc2)C1. The van der Waals surface area contributed by atoms with Crippen molar-refractivity contribution in [3.63, 3.8) is 0 Å². The van der Waals surface area contributed by atoms with Crippen LogP contribution in [-0.4, -0.2) is 18.0 Å². The molecule has 1 saturated heterocycles. The molecule has 1 heteroatoms. The van der Waals surface area contributed by atoms with E-state index in [2.05, 4.69) is 49.9 Å². The Bertz CT molecular complexity index is 307. The molecular weight excluding hydrogens is 182 g/mol. The molecule has 1 heterocycles. The van der Waals surface area contributed by atoms with Crippen LogP contribution in [0, 0.1) is 5.92 Å². The Morgan fingerprint density at radius 3 is 2.27 bits per heavy atom. The van der Waals surface area contributed by atoms with E-state index < -0.39 is 0 Å². The van der Waals surface area contributed by atoms with E-state index in [1.165, 1.54) is 24.2 Å². The summed E-state index contributed by atoms with van der Waals surface area (Å²) in [6, 6.07) is 9.09. The van der Waals surface area contributed by atoms with Crippen LogP contribution in [0.25, 0.3) is 0 Å². The summed E-state index contributed by atoms with van der Waals surface area (Å²) in [6.45, 7) is 10.5. The van der Waals surface area contributed by atoms with Gasteiger partial charge in [0, 0.05) is 19.6 Å². The van der Waals surface area contributed by atoms with Crippen LogP contribution in [0.5, 0.6) is 0 Å². The van der Waals surface area contributed by atoms with Crippen LogP contribution in [0.1, 0.15) is 37.8 Å². The highest BCUT2D eigenvalue weighted by Crippen LogP contribution is 2.19. The zero-order valence-electron chi connectivity index (χ0n) is 10.0.